The van der Waals surface area contributed by atoms with Crippen LogP contribution in [0, 0.1) is 0 Å². The number of hydrogen-bond donors (Lipinski definition) is 1. The van der Waals surface area contributed by atoms with Gasteiger partial charge in [-0.25, -0.2) is 9.78 Å². The highest BCUT2D eigenvalue weighted by atomic mass is 35.5. The van der Waals surface area contributed by atoms with E-state index in [1.165, 1.54) is 12.3 Å². The van der Waals surface area contributed by atoms with Crippen molar-refractivity contribution in [3.63, 3.8) is 0 Å². The van der Waals surface area contributed by atoms with Gasteiger partial charge in [-0.15, -0.1) is 0 Å². The number of hydrogen-bond acceptors (Lipinski definition) is 4. The van der Waals surface area contributed by atoms with Crippen molar-refractivity contribution in [2.45, 2.75) is 25.1 Å². The number of aromatic carboxylic acids is 1. The average Bonchev–Trinajstić information content (AvgIpc) is 2.33. The number of halogens is 1. The molecule has 0 radical (unpaired) electrons. The molecule has 0 aliphatic carbocycles. The van der Waals surface area contributed by atoms with Crippen LogP contribution < -0.4 is 4.90 Å². The van der Waals surface area contributed by atoms with Gasteiger partial charge in [0.25, 0.3) is 0 Å². The molecule has 98 valence electrons. The summed E-state index contributed by atoms with van der Waals surface area (Å²) in [5.41, 5.74) is 0.121. The third-order valence-corrected chi connectivity index (χ3v) is 4.84. The van der Waals surface area contributed by atoms with Gasteiger partial charge in [0.05, 0.1) is 10.6 Å². The molecule has 0 saturated carbocycles. The van der Waals surface area contributed by atoms with Crippen LogP contribution in [0.4, 0.5) is 5.82 Å². The summed E-state index contributed by atoms with van der Waals surface area (Å²) in [6, 6.07) is 1.80. The Morgan fingerprint density at radius 3 is 2.94 bits per heavy atom. The van der Waals surface area contributed by atoms with Gasteiger partial charge >= 0.3 is 5.97 Å². The highest BCUT2D eigenvalue weighted by Gasteiger charge is 2.27. The average molecular weight is 287 g/mol. The maximum absolute atomic E-state index is 10.8. The molecule has 6 heteroatoms. The van der Waals surface area contributed by atoms with E-state index in [1.807, 2.05) is 11.8 Å². The summed E-state index contributed by atoms with van der Waals surface area (Å²) in [4.78, 5) is 17.2. The lowest BCUT2D eigenvalue weighted by Gasteiger charge is -2.38. The van der Waals surface area contributed by atoms with E-state index in [-0.39, 0.29) is 5.56 Å². The number of thioether (sulfide) groups is 1. The van der Waals surface area contributed by atoms with Crippen molar-refractivity contribution in [2.75, 3.05) is 17.2 Å². The molecule has 0 amide bonds. The molecule has 2 rings (SSSR count). The van der Waals surface area contributed by atoms with Crippen LogP contribution in [0.15, 0.2) is 12.3 Å². The number of rotatable bonds is 2. The van der Waals surface area contributed by atoms with Crippen LogP contribution >= 0.6 is 23.4 Å². The van der Waals surface area contributed by atoms with Crippen LogP contribution in [0.2, 0.25) is 5.02 Å². The molecule has 0 aromatic carbocycles. The van der Waals surface area contributed by atoms with Gasteiger partial charge in [-0.1, -0.05) is 18.5 Å². The monoisotopic (exact) mass is 286 g/mol. The molecule has 1 aliphatic heterocycles. The maximum Gasteiger partial charge on any atom is 0.337 e. The van der Waals surface area contributed by atoms with Crippen molar-refractivity contribution in [1.29, 1.82) is 0 Å². The molecule has 1 N–H and O–H groups in total. The van der Waals surface area contributed by atoms with Gasteiger partial charge in [-0.3, -0.25) is 0 Å². The maximum atomic E-state index is 10.8. The molecule has 2 heterocycles. The Morgan fingerprint density at radius 2 is 2.33 bits per heavy atom. The van der Waals surface area contributed by atoms with Crippen molar-refractivity contribution >= 4 is 35.1 Å². The van der Waals surface area contributed by atoms with Gasteiger partial charge in [0, 0.05) is 29.8 Å². The van der Waals surface area contributed by atoms with E-state index >= 15 is 0 Å². The third kappa shape index (κ3) is 2.57. The van der Waals surface area contributed by atoms with E-state index in [0.29, 0.717) is 22.1 Å². The van der Waals surface area contributed by atoms with Crippen molar-refractivity contribution in [2.24, 2.45) is 0 Å². The lowest BCUT2D eigenvalue weighted by Crippen LogP contribution is -2.45. The second-order valence-corrected chi connectivity index (χ2v) is 6.24. The van der Waals surface area contributed by atoms with Crippen LogP contribution in [0.3, 0.4) is 0 Å². The highest BCUT2D eigenvalue weighted by Crippen LogP contribution is 2.32. The highest BCUT2D eigenvalue weighted by molar-refractivity contribution is 8.00. The Kier molecular flexibility index (Phi) is 4.02. The molecule has 1 aromatic heterocycles. The fraction of sp³-hybridized carbons (Fsp3) is 0.500. The fourth-order valence-electron chi connectivity index (χ4n) is 1.99. The van der Waals surface area contributed by atoms with Crippen molar-refractivity contribution < 1.29 is 9.90 Å². The summed E-state index contributed by atoms with van der Waals surface area (Å²) in [6.45, 7) is 5.20. The zero-order chi connectivity index (χ0) is 13.3. The first-order chi connectivity index (χ1) is 8.50. The standard InChI is InChI=1S/C12H15ClN2O2S/c1-7-8(2)18-4-3-15(7)11-10(13)5-9(6-14-11)12(16)17/h5-8H,3-4H2,1-2H3,(H,16,17). The number of aromatic nitrogens is 1. The van der Waals surface area contributed by atoms with E-state index in [9.17, 15) is 4.79 Å². The SMILES string of the molecule is CC1SCCN(c2ncc(C(=O)O)cc2Cl)C1C. The minimum atomic E-state index is -1.01. The zero-order valence-corrected chi connectivity index (χ0v) is 11.8. The first-order valence-corrected chi connectivity index (χ1v) is 7.20. The fourth-order valence-corrected chi connectivity index (χ4v) is 3.37. The topological polar surface area (TPSA) is 53.4 Å². The molecule has 4 nitrogen and oxygen atoms in total. The Balaban J connectivity index is 2.30. The number of carboxylic acids is 1. The summed E-state index contributed by atoms with van der Waals surface area (Å²) < 4.78 is 0. The summed E-state index contributed by atoms with van der Waals surface area (Å²) in [5.74, 6) is 0.706. The molecule has 0 spiro atoms. The number of nitrogens with zero attached hydrogens (tertiary/aromatic N) is 2. The number of carboxylic acid groups (broad SMARTS) is 1. The van der Waals surface area contributed by atoms with Crippen molar-refractivity contribution in [1.82, 2.24) is 4.98 Å². The van der Waals surface area contributed by atoms with Gasteiger partial charge in [0.2, 0.25) is 0 Å². The first kappa shape index (κ1) is 13.5. The Hall–Kier alpha value is -0.940. The van der Waals surface area contributed by atoms with Gasteiger partial charge < -0.3 is 10.0 Å². The van der Waals surface area contributed by atoms with Gasteiger partial charge in [-0.05, 0) is 13.0 Å². The summed E-state index contributed by atoms with van der Waals surface area (Å²) in [7, 11) is 0. The lowest BCUT2D eigenvalue weighted by atomic mass is 10.2. The lowest BCUT2D eigenvalue weighted by molar-refractivity contribution is 0.0696. The quantitative estimate of drug-likeness (QED) is 0.906. The normalized spacial score (nSPS) is 24.1. The Bertz CT molecular complexity index is 469. The predicted molar refractivity (Wildman–Crippen MR) is 74.9 cm³/mol. The van der Waals surface area contributed by atoms with E-state index < -0.39 is 5.97 Å². The molecule has 1 aromatic rings. The van der Waals surface area contributed by atoms with E-state index in [2.05, 4.69) is 23.7 Å². The molecule has 2 atom stereocenters. The minimum Gasteiger partial charge on any atom is -0.478 e. The predicted octanol–water partition coefficient (Wildman–Crippen LogP) is 2.76. The van der Waals surface area contributed by atoms with E-state index in [1.54, 1.807) is 0 Å². The molecule has 1 fully saturated rings. The summed E-state index contributed by atoms with van der Waals surface area (Å²) in [5, 5.41) is 9.80. The third-order valence-electron chi connectivity index (χ3n) is 3.22. The Labute approximate surface area is 115 Å². The minimum absolute atomic E-state index is 0.121. The van der Waals surface area contributed by atoms with Crippen LogP contribution in [0.5, 0.6) is 0 Å². The summed E-state index contributed by atoms with van der Waals surface area (Å²) in [6.07, 6.45) is 1.36. The van der Waals surface area contributed by atoms with Crippen molar-refractivity contribution in [3.8, 4) is 0 Å². The zero-order valence-electron chi connectivity index (χ0n) is 10.3. The van der Waals surface area contributed by atoms with Crippen LogP contribution in [-0.4, -0.2) is 39.6 Å². The van der Waals surface area contributed by atoms with Crippen LogP contribution in [0.1, 0.15) is 24.2 Å². The molecule has 0 bridgehead atoms. The van der Waals surface area contributed by atoms with Crippen molar-refractivity contribution in [3.05, 3.63) is 22.8 Å². The van der Waals surface area contributed by atoms with Gasteiger partial charge in [0.15, 0.2) is 0 Å². The Morgan fingerprint density at radius 1 is 1.61 bits per heavy atom. The molecular formula is C12H15ClN2O2S. The van der Waals surface area contributed by atoms with E-state index in [4.69, 9.17) is 16.7 Å². The smallest absolute Gasteiger partial charge is 0.337 e. The van der Waals surface area contributed by atoms with Gasteiger partial charge in [-0.2, -0.15) is 11.8 Å². The first-order valence-electron chi connectivity index (χ1n) is 5.77. The second kappa shape index (κ2) is 5.36. The molecule has 2 unspecified atom stereocenters. The molecule has 1 aliphatic rings. The number of carbonyl (C=O) groups is 1. The van der Waals surface area contributed by atoms with E-state index in [0.717, 1.165) is 12.3 Å². The van der Waals surface area contributed by atoms with Gasteiger partial charge in [0.1, 0.15) is 5.82 Å². The van der Waals surface area contributed by atoms with Crippen LogP contribution in [-0.2, 0) is 0 Å². The largest absolute Gasteiger partial charge is 0.478 e. The molecular weight excluding hydrogens is 272 g/mol. The number of pyridine rings is 1. The summed E-state index contributed by atoms with van der Waals surface area (Å²) >= 11 is 8.08. The number of anilines is 1. The molecule has 18 heavy (non-hydrogen) atoms. The second-order valence-electron chi connectivity index (χ2n) is 4.34. The molecule has 1 saturated heterocycles. The van der Waals surface area contributed by atoms with Crippen LogP contribution in [0.25, 0.3) is 0 Å².